The predicted octanol–water partition coefficient (Wildman–Crippen LogP) is 1.27. The Morgan fingerprint density at radius 1 is 1.22 bits per heavy atom. The van der Waals surface area contributed by atoms with Crippen molar-refractivity contribution in [1.29, 1.82) is 0 Å². The minimum absolute atomic E-state index is 0.206. The molecular formula is C14H26N2O2. The zero-order chi connectivity index (χ0) is 13.2. The van der Waals surface area contributed by atoms with E-state index in [1.165, 1.54) is 6.42 Å². The number of likely N-dealkylation sites (tertiary alicyclic amines) is 1. The first kappa shape index (κ1) is 13.8. The molecule has 2 fully saturated rings. The number of rotatable bonds is 3. The maximum Gasteiger partial charge on any atom is 0.224 e. The number of nitrogens with zero attached hydrogens (tertiary/aromatic N) is 1. The summed E-state index contributed by atoms with van der Waals surface area (Å²) in [5.41, 5.74) is 4.55. The van der Waals surface area contributed by atoms with Crippen molar-refractivity contribution in [3.63, 3.8) is 0 Å². The van der Waals surface area contributed by atoms with Gasteiger partial charge in [0.05, 0.1) is 11.0 Å². The Hall–Kier alpha value is -0.610. The number of carbonyl (C=O) groups excluding carboxylic acids is 1. The molecule has 1 aliphatic carbocycles. The minimum atomic E-state index is -0.534. The summed E-state index contributed by atoms with van der Waals surface area (Å²) < 4.78 is 0. The van der Waals surface area contributed by atoms with Gasteiger partial charge in [0.1, 0.15) is 0 Å². The maximum atomic E-state index is 11.5. The molecule has 0 aromatic rings. The molecule has 0 aromatic heterocycles. The van der Waals surface area contributed by atoms with E-state index in [1.54, 1.807) is 0 Å². The van der Waals surface area contributed by atoms with Gasteiger partial charge >= 0.3 is 0 Å². The number of nitrogens with two attached hydrogens (primary N) is 1. The van der Waals surface area contributed by atoms with Crippen LogP contribution in [-0.4, -0.2) is 41.1 Å². The lowest BCUT2D eigenvalue weighted by Gasteiger charge is -2.43. The van der Waals surface area contributed by atoms with E-state index in [4.69, 9.17) is 5.73 Å². The molecule has 0 unspecified atom stereocenters. The Balaban J connectivity index is 1.95. The third-order valence-corrected chi connectivity index (χ3v) is 4.67. The number of hydrogen-bond donors (Lipinski definition) is 2. The van der Waals surface area contributed by atoms with E-state index in [0.29, 0.717) is 13.1 Å². The molecule has 1 saturated carbocycles. The minimum Gasteiger partial charge on any atom is -0.389 e. The van der Waals surface area contributed by atoms with Gasteiger partial charge in [-0.1, -0.05) is 19.3 Å². The van der Waals surface area contributed by atoms with Gasteiger partial charge in [0.2, 0.25) is 5.91 Å². The molecule has 2 aliphatic rings. The monoisotopic (exact) mass is 254 g/mol. The molecule has 1 saturated heterocycles. The Morgan fingerprint density at radius 2 is 1.89 bits per heavy atom. The van der Waals surface area contributed by atoms with Crippen molar-refractivity contribution in [2.45, 2.75) is 57.5 Å². The molecule has 1 aliphatic heterocycles. The number of amides is 1. The summed E-state index contributed by atoms with van der Waals surface area (Å²) >= 11 is 0. The summed E-state index contributed by atoms with van der Waals surface area (Å²) in [6, 6.07) is 0. The average molecular weight is 254 g/mol. The highest BCUT2D eigenvalue weighted by Gasteiger charge is 2.39. The molecule has 1 heterocycles. The number of carbonyl (C=O) groups is 1. The first-order chi connectivity index (χ1) is 8.44. The van der Waals surface area contributed by atoms with Gasteiger partial charge in [-0.25, -0.2) is 0 Å². The molecule has 0 aromatic carbocycles. The smallest absolute Gasteiger partial charge is 0.224 e. The Kier molecular flexibility index (Phi) is 3.97. The van der Waals surface area contributed by atoms with Crippen molar-refractivity contribution < 1.29 is 9.90 Å². The number of aliphatic hydroxyl groups is 1. The van der Waals surface area contributed by atoms with E-state index in [2.05, 4.69) is 4.90 Å². The molecule has 4 heteroatoms. The lowest BCUT2D eigenvalue weighted by atomic mass is 9.79. The highest BCUT2D eigenvalue weighted by Crippen LogP contribution is 2.33. The molecule has 18 heavy (non-hydrogen) atoms. The van der Waals surface area contributed by atoms with Crippen LogP contribution in [-0.2, 0) is 4.79 Å². The van der Waals surface area contributed by atoms with Crippen LogP contribution in [0.15, 0.2) is 0 Å². The summed E-state index contributed by atoms with van der Waals surface area (Å²) in [6.45, 7) is 4.33. The fourth-order valence-electron chi connectivity index (χ4n) is 3.46. The van der Waals surface area contributed by atoms with Crippen molar-refractivity contribution in [2.24, 2.45) is 11.1 Å². The molecular weight excluding hydrogens is 228 g/mol. The van der Waals surface area contributed by atoms with Crippen LogP contribution in [0.5, 0.6) is 0 Å². The van der Waals surface area contributed by atoms with Crippen LogP contribution in [0.25, 0.3) is 0 Å². The average Bonchev–Trinajstić information content (AvgIpc) is 2.29. The molecule has 104 valence electrons. The van der Waals surface area contributed by atoms with E-state index in [1.807, 2.05) is 6.92 Å². The van der Waals surface area contributed by atoms with Gasteiger partial charge in [0.25, 0.3) is 0 Å². The normalized spacial score (nSPS) is 33.2. The maximum absolute atomic E-state index is 11.5. The fraction of sp³-hybridized carbons (Fsp3) is 0.929. The standard InChI is InChI=1S/C14H26N2O2/c1-13(12(15)17)6-5-9-16(10-13)11-14(18)7-3-2-4-8-14/h18H,2-11H2,1H3,(H2,15,17)/t13-/m1/s1. The van der Waals surface area contributed by atoms with E-state index < -0.39 is 11.0 Å². The van der Waals surface area contributed by atoms with Crippen LogP contribution in [0.4, 0.5) is 0 Å². The van der Waals surface area contributed by atoms with Crippen molar-refractivity contribution >= 4 is 5.91 Å². The van der Waals surface area contributed by atoms with Gasteiger partial charge in [-0.2, -0.15) is 0 Å². The van der Waals surface area contributed by atoms with E-state index in [9.17, 15) is 9.90 Å². The van der Waals surface area contributed by atoms with Crippen molar-refractivity contribution in [2.75, 3.05) is 19.6 Å². The Morgan fingerprint density at radius 3 is 2.50 bits per heavy atom. The highest BCUT2D eigenvalue weighted by atomic mass is 16.3. The van der Waals surface area contributed by atoms with E-state index in [-0.39, 0.29) is 5.91 Å². The summed E-state index contributed by atoms with van der Waals surface area (Å²) in [7, 11) is 0. The van der Waals surface area contributed by atoms with Crippen LogP contribution in [0.1, 0.15) is 51.9 Å². The highest BCUT2D eigenvalue weighted by molar-refractivity contribution is 5.80. The molecule has 4 nitrogen and oxygen atoms in total. The molecule has 2 rings (SSSR count). The second-order valence-corrected chi connectivity index (χ2v) is 6.52. The van der Waals surface area contributed by atoms with Gasteiger partial charge in [-0.15, -0.1) is 0 Å². The Bertz CT molecular complexity index is 313. The van der Waals surface area contributed by atoms with Gasteiger partial charge in [0.15, 0.2) is 0 Å². The third kappa shape index (κ3) is 3.04. The molecule has 0 spiro atoms. The van der Waals surface area contributed by atoms with Crippen LogP contribution in [0.2, 0.25) is 0 Å². The zero-order valence-electron chi connectivity index (χ0n) is 11.5. The SMILES string of the molecule is C[C@@]1(C(N)=O)CCCN(CC2(O)CCCCC2)C1. The third-order valence-electron chi connectivity index (χ3n) is 4.67. The van der Waals surface area contributed by atoms with Crippen LogP contribution in [0, 0.1) is 5.41 Å². The molecule has 3 N–H and O–H groups in total. The van der Waals surface area contributed by atoms with Gasteiger partial charge < -0.3 is 10.8 Å². The van der Waals surface area contributed by atoms with Crippen LogP contribution >= 0.6 is 0 Å². The number of piperidine rings is 1. The largest absolute Gasteiger partial charge is 0.389 e. The zero-order valence-corrected chi connectivity index (χ0v) is 11.5. The second kappa shape index (κ2) is 5.17. The first-order valence-electron chi connectivity index (χ1n) is 7.18. The molecule has 0 radical (unpaired) electrons. The van der Waals surface area contributed by atoms with E-state index in [0.717, 1.165) is 45.1 Å². The first-order valence-corrected chi connectivity index (χ1v) is 7.18. The second-order valence-electron chi connectivity index (χ2n) is 6.52. The fourth-order valence-corrected chi connectivity index (χ4v) is 3.46. The number of primary amides is 1. The van der Waals surface area contributed by atoms with Crippen molar-refractivity contribution in [3.8, 4) is 0 Å². The number of β-amino-alcohol motifs (C(OH)–C–C–N with tert-alkyl or cyclic N) is 1. The predicted molar refractivity (Wildman–Crippen MR) is 71.0 cm³/mol. The quantitative estimate of drug-likeness (QED) is 0.797. The van der Waals surface area contributed by atoms with E-state index >= 15 is 0 Å². The topological polar surface area (TPSA) is 66.6 Å². The molecule has 0 bridgehead atoms. The van der Waals surface area contributed by atoms with Gasteiger partial charge in [-0.05, 0) is 39.2 Å². The van der Waals surface area contributed by atoms with Gasteiger partial charge in [-0.3, -0.25) is 9.69 Å². The summed E-state index contributed by atoms with van der Waals surface area (Å²) in [4.78, 5) is 13.8. The van der Waals surface area contributed by atoms with Crippen LogP contribution in [0.3, 0.4) is 0 Å². The molecule has 1 amide bonds. The van der Waals surface area contributed by atoms with Crippen molar-refractivity contribution in [3.05, 3.63) is 0 Å². The lowest BCUT2D eigenvalue weighted by Crippen LogP contribution is -2.53. The molecule has 1 atom stereocenters. The van der Waals surface area contributed by atoms with Gasteiger partial charge in [0, 0.05) is 13.1 Å². The summed E-state index contributed by atoms with van der Waals surface area (Å²) in [6.07, 6.45) is 7.15. The van der Waals surface area contributed by atoms with Crippen LogP contribution < -0.4 is 5.73 Å². The summed E-state index contributed by atoms with van der Waals surface area (Å²) in [5.74, 6) is -0.206. The summed E-state index contributed by atoms with van der Waals surface area (Å²) in [5, 5.41) is 10.6. The lowest BCUT2D eigenvalue weighted by molar-refractivity contribution is -0.131. The van der Waals surface area contributed by atoms with Crippen molar-refractivity contribution in [1.82, 2.24) is 4.90 Å². The Labute approximate surface area is 110 Å². The number of hydrogen-bond acceptors (Lipinski definition) is 3.